The molecule has 66 valence electrons. The molecule has 0 spiro atoms. The maximum atomic E-state index is 10.7. The van der Waals surface area contributed by atoms with E-state index >= 15 is 0 Å². The van der Waals surface area contributed by atoms with E-state index in [9.17, 15) is 8.42 Å². The summed E-state index contributed by atoms with van der Waals surface area (Å²) in [5.74, 6) is 1.31. The van der Waals surface area contributed by atoms with Crippen LogP contribution in [0.4, 0.5) is 0 Å². The lowest BCUT2D eigenvalue weighted by Crippen LogP contribution is -2.36. The third-order valence-electron chi connectivity index (χ3n) is 2.02. The zero-order chi connectivity index (χ0) is 8.32. The van der Waals surface area contributed by atoms with E-state index in [0.717, 1.165) is 19.4 Å². The number of nitrogens with one attached hydrogen (secondary N) is 1. The van der Waals surface area contributed by atoms with Crippen molar-refractivity contribution in [1.82, 2.24) is 5.32 Å². The fourth-order valence-electron chi connectivity index (χ4n) is 1.40. The van der Waals surface area contributed by atoms with Crippen LogP contribution in [0.5, 0.6) is 0 Å². The van der Waals surface area contributed by atoms with Crippen molar-refractivity contribution in [3.05, 3.63) is 0 Å². The number of sulfone groups is 1. The van der Waals surface area contributed by atoms with Crippen molar-refractivity contribution in [1.29, 1.82) is 0 Å². The van der Waals surface area contributed by atoms with Gasteiger partial charge in [0.15, 0.2) is 9.84 Å². The molecule has 0 atom stereocenters. The van der Waals surface area contributed by atoms with Gasteiger partial charge in [-0.15, -0.1) is 0 Å². The van der Waals surface area contributed by atoms with E-state index in [2.05, 4.69) is 5.32 Å². The molecule has 0 aromatic heterocycles. The molecule has 1 saturated heterocycles. The summed E-state index contributed by atoms with van der Waals surface area (Å²) >= 11 is 0. The first-order valence-corrected chi connectivity index (χ1v) is 5.81. The van der Waals surface area contributed by atoms with Gasteiger partial charge in [0, 0.05) is 0 Å². The van der Waals surface area contributed by atoms with Gasteiger partial charge >= 0.3 is 0 Å². The Morgan fingerprint density at radius 2 is 2.09 bits per heavy atom. The highest BCUT2D eigenvalue weighted by Crippen LogP contribution is 2.22. The molecule has 0 radical (unpaired) electrons. The summed E-state index contributed by atoms with van der Waals surface area (Å²) in [7, 11) is -0.674. The first-order chi connectivity index (χ1) is 5.14. The average Bonchev–Trinajstić information content (AvgIpc) is 1.84. The van der Waals surface area contributed by atoms with Gasteiger partial charge in [-0.3, -0.25) is 0 Å². The molecular weight excluding hydrogens is 162 g/mol. The van der Waals surface area contributed by atoms with Gasteiger partial charge in [-0.25, -0.2) is 8.42 Å². The van der Waals surface area contributed by atoms with E-state index < -0.39 is 9.84 Å². The van der Waals surface area contributed by atoms with Crippen molar-refractivity contribution in [2.75, 3.05) is 25.1 Å². The summed E-state index contributed by atoms with van der Waals surface area (Å²) in [4.78, 5) is 0. The summed E-state index contributed by atoms with van der Waals surface area (Å²) in [5.41, 5.74) is 0. The molecule has 0 amide bonds. The first-order valence-electron chi connectivity index (χ1n) is 3.99. The molecule has 1 aliphatic heterocycles. The second-order valence-corrected chi connectivity index (χ2v) is 5.34. The molecule has 3 nitrogen and oxygen atoms in total. The van der Waals surface area contributed by atoms with E-state index in [1.165, 1.54) is 0 Å². The first kappa shape index (κ1) is 9.00. The minimum absolute atomic E-state index is 0.427. The van der Waals surface area contributed by atoms with Crippen molar-refractivity contribution >= 4 is 9.84 Å². The van der Waals surface area contributed by atoms with Crippen LogP contribution in [-0.2, 0) is 9.84 Å². The summed E-state index contributed by atoms with van der Waals surface area (Å²) in [5, 5.41) is 3.04. The predicted molar refractivity (Wildman–Crippen MR) is 45.3 cm³/mol. The topological polar surface area (TPSA) is 46.2 Å². The molecule has 0 aromatic carbocycles. The quantitative estimate of drug-likeness (QED) is 0.616. The van der Waals surface area contributed by atoms with Crippen LogP contribution >= 0.6 is 0 Å². The molecule has 0 bridgehead atoms. The molecule has 1 aliphatic rings. The lowest BCUT2D eigenvalue weighted by Gasteiger charge is -2.25. The average molecular weight is 177 g/mol. The van der Waals surface area contributed by atoms with E-state index in [1.807, 2.05) is 7.05 Å². The van der Waals surface area contributed by atoms with Crippen LogP contribution < -0.4 is 5.32 Å². The highest BCUT2D eigenvalue weighted by molar-refractivity contribution is 7.92. The van der Waals surface area contributed by atoms with Crippen LogP contribution in [0.1, 0.15) is 12.8 Å². The zero-order valence-electron chi connectivity index (χ0n) is 6.84. The molecule has 0 unspecified atom stereocenters. The number of rotatable bonds is 4. The van der Waals surface area contributed by atoms with Gasteiger partial charge in [-0.1, -0.05) is 0 Å². The second-order valence-electron chi connectivity index (χ2n) is 3.19. The molecule has 0 aromatic rings. The van der Waals surface area contributed by atoms with Crippen molar-refractivity contribution in [2.45, 2.75) is 12.8 Å². The van der Waals surface area contributed by atoms with Gasteiger partial charge < -0.3 is 5.32 Å². The third kappa shape index (κ3) is 2.79. The lowest BCUT2D eigenvalue weighted by molar-refractivity contribution is 0.481. The Balaban J connectivity index is 2.05. The minimum atomic E-state index is -2.59. The standard InChI is InChI=1S/C7H15NO2S/c1-8-4-2-3-7-5-11(9,10)6-7/h7-8H,2-6H2,1H3. The summed E-state index contributed by atoms with van der Waals surface area (Å²) < 4.78 is 21.4. The molecule has 11 heavy (non-hydrogen) atoms. The maximum absolute atomic E-state index is 10.7. The summed E-state index contributed by atoms with van der Waals surface area (Å²) in [6, 6.07) is 0. The summed E-state index contributed by atoms with van der Waals surface area (Å²) in [6.45, 7) is 0.997. The van der Waals surface area contributed by atoms with E-state index in [-0.39, 0.29) is 0 Å². The Hall–Kier alpha value is -0.0900. The predicted octanol–water partition coefficient (Wildman–Crippen LogP) is 0.0306. The minimum Gasteiger partial charge on any atom is -0.320 e. The lowest BCUT2D eigenvalue weighted by atomic mass is 10.1. The fourth-order valence-corrected chi connectivity index (χ4v) is 3.08. The Labute approximate surface area is 68.1 Å². The maximum Gasteiger partial charge on any atom is 0.150 e. The van der Waals surface area contributed by atoms with Crippen LogP contribution in [-0.4, -0.2) is 33.5 Å². The molecule has 1 heterocycles. The normalized spacial score (nSPS) is 23.0. The zero-order valence-corrected chi connectivity index (χ0v) is 7.65. The third-order valence-corrected chi connectivity index (χ3v) is 3.98. The van der Waals surface area contributed by atoms with Gasteiger partial charge in [0.05, 0.1) is 11.5 Å². The highest BCUT2D eigenvalue weighted by Gasteiger charge is 2.32. The van der Waals surface area contributed by atoms with Crippen LogP contribution in [0.25, 0.3) is 0 Å². The smallest absolute Gasteiger partial charge is 0.150 e. The van der Waals surface area contributed by atoms with Gasteiger partial charge in [0.1, 0.15) is 0 Å². The van der Waals surface area contributed by atoms with Gasteiger partial charge in [-0.2, -0.15) is 0 Å². The van der Waals surface area contributed by atoms with Crippen LogP contribution in [0.3, 0.4) is 0 Å². The molecule has 0 saturated carbocycles. The summed E-state index contributed by atoms with van der Waals surface area (Å²) in [6.07, 6.45) is 2.15. The molecule has 1 rings (SSSR count). The number of hydrogen-bond donors (Lipinski definition) is 1. The van der Waals surface area contributed by atoms with Crippen LogP contribution in [0.15, 0.2) is 0 Å². The Kier molecular flexibility index (Phi) is 2.90. The molecule has 1 fully saturated rings. The van der Waals surface area contributed by atoms with E-state index in [0.29, 0.717) is 17.4 Å². The van der Waals surface area contributed by atoms with Crippen molar-refractivity contribution in [3.8, 4) is 0 Å². The van der Waals surface area contributed by atoms with Gasteiger partial charge in [-0.05, 0) is 32.4 Å². The molecule has 1 N–H and O–H groups in total. The second kappa shape index (κ2) is 3.54. The van der Waals surface area contributed by atoms with Gasteiger partial charge in [0.25, 0.3) is 0 Å². The SMILES string of the molecule is CNCCCC1CS(=O)(=O)C1. The Bertz CT molecular complexity index is 198. The van der Waals surface area contributed by atoms with E-state index in [4.69, 9.17) is 0 Å². The van der Waals surface area contributed by atoms with Gasteiger partial charge in [0.2, 0.25) is 0 Å². The Morgan fingerprint density at radius 1 is 1.45 bits per heavy atom. The van der Waals surface area contributed by atoms with Crippen LogP contribution in [0.2, 0.25) is 0 Å². The molecule has 0 aliphatic carbocycles. The number of hydrogen-bond acceptors (Lipinski definition) is 3. The van der Waals surface area contributed by atoms with Crippen molar-refractivity contribution in [2.24, 2.45) is 5.92 Å². The molecule has 4 heteroatoms. The van der Waals surface area contributed by atoms with Crippen molar-refractivity contribution < 1.29 is 8.42 Å². The van der Waals surface area contributed by atoms with E-state index in [1.54, 1.807) is 0 Å². The monoisotopic (exact) mass is 177 g/mol. The fraction of sp³-hybridized carbons (Fsp3) is 1.00. The molecular formula is C7H15NO2S. The largest absolute Gasteiger partial charge is 0.320 e. The highest BCUT2D eigenvalue weighted by atomic mass is 32.2. The Morgan fingerprint density at radius 3 is 2.55 bits per heavy atom. The van der Waals surface area contributed by atoms with Crippen LogP contribution in [0, 0.1) is 5.92 Å². The van der Waals surface area contributed by atoms with Crippen molar-refractivity contribution in [3.63, 3.8) is 0 Å².